The Morgan fingerprint density at radius 2 is 1.71 bits per heavy atom. The number of hydrogen-bond acceptors (Lipinski definition) is 7. The van der Waals surface area contributed by atoms with Gasteiger partial charge < -0.3 is 18.9 Å². The molecule has 0 fully saturated rings. The molecule has 0 bridgehead atoms. The van der Waals surface area contributed by atoms with Crippen LogP contribution in [0.5, 0.6) is 23.0 Å². The van der Waals surface area contributed by atoms with E-state index in [0.717, 1.165) is 11.1 Å². The molecule has 0 aliphatic heterocycles. The van der Waals surface area contributed by atoms with Crippen LogP contribution in [0.15, 0.2) is 35.4 Å². The predicted octanol–water partition coefficient (Wildman–Crippen LogP) is 3.59. The maximum absolute atomic E-state index is 12.1. The van der Waals surface area contributed by atoms with Gasteiger partial charge in [0, 0.05) is 12.5 Å². The number of amides is 1. The number of nitrogens with zero attached hydrogens (tertiary/aromatic N) is 1. The summed E-state index contributed by atoms with van der Waals surface area (Å²) in [5, 5.41) is 3.95. The lowest BCUT2D eigenvalue weighted by Gasteiger charge is -2.14. The largest absolute Gasteiger partial charge is 0.493 e. The molecule has 0 aromatic heterocycles. The van der Waals surface area contributed by atoms with Crippen LogP contribution in [-0.2, 0) is 9.59 Å². The number of hydrogen-bond donors (Lipinski definition) is 1. The molecule has 31 heavy (non-hydrogen) atoms. The third-order valence-corrected chi connectivity index (χ3v) is 4.28. The van der Waals surface area contributed by atoms with E-state index in [1.54, 1.807) is 12.1 Å². The van der Waals surface area contributed by atoms with Crippen molar-refractivity contribution in [3.05, 3.63) is 47.0 Å². The normalized spacial score (nSPS) is 10.8. The van der Waals surface area contributed by atoms with Crippen LogP contribution in [-0.4, -0.2) is 38.9 Å². The van der Waals surface area contributed by atoms with Crippen LogP contribution < -0.4 is 24.4 Å². The number of aryl methyl sites for hydroxylation is 1. The number of methoxy groups -OCH3 is 2. The number of carbonyl (C=O) groups is 2. The Hall–Kier alpha value is -3.55. The summed E-state index contributed by atoms with van der Waals surface area (Å²) >= 11 is 0. The lowest BCUT2D eigenvalue weighted by atomic mass is 10.0. The molecule has 0 aliphatic rings. The zero-order chi connectivity index (χ0) is 23.0. The minimum atomic E-state index is -0.500. The van der Waals surface area contributed by atoms with Gasteiger partial charge in [-0.3, -0.25) is 9.59 Å². The van der Waals surface area contributed by atoms with Gasteiger partial charge in [0.2, 0.25) is 5.75 Å². The molecule has 0 atom stereocenters. The first-order valence-corrected chi connectivity index (χ1v) is 9.74. The lowest BCUT2D eigenvalue weighted by molar-refractivity contribution is -0.132. The average molecular weight is 428 g/mol. The molecule has 0 spiro atoms. The summed E-state index contributed by atoms with van der Waals surface area (Å²) in [6, 6.07) is 9.14. The van der Waals surface area contributed by atoms with Gasteiger partial charge in [-0.15, -0.1) is 0 Å². The average Bonchev–Trinajstić information content (AvgIpc) is 2.72. The van der Waals surface area contributed by atoms with E-state index in [1.165, 1.54) is 27.4 Å². The molecule has 2 rings (SSSR count). The maximum atomic E-state index is 12.1. The highest BCUT2D eigenvalue weighted by Crippen LogP contribution is 2.38. The highest BCUT2D eigenvalue weighted by Gasteiger charge is 2.16. The molecular formula is C23H28N2O6. The van der Waals surface area contributed by atoms with E-state index in [4.69, 9.17) is 18.9 Å². The third kappa shape index (κ3) is 6.74. The van der Waals surface area contributed by atoms with E-state index >= 15 is 0 Å². The molecular weight excluding hydrogens is 400 g/mol. The fourth-order valence-corrected chi connectivity index (χ4v) is 2.82. The van der Waals surface area contributed by atoms with Crippen LogP contribution in [0.1, 0.15) is 43.4 Å². The third-order valence-electron chi connectivity index (χ3n) is 4.28. The van der Waals surface area contributed by atoms with Crippen LogP contribution >= 0.6 is 0 Å². The number of carbonyl (C=O) groups excluding carboxylic acids is 2. The first kappa shape index (κ1) is 23.7. The van der Waals surface area contributed by atoms with Gasteiger partial charge in [0.1, 0.15) is 5.75 Å². The molecule has 1 amide bonds. The van der Waals surface area contributed by atoms with E-state index < -0.39 is 11.9 Å². The molecule has 0 saturated heterocycles. The maximum Gasteiger partial charge on any atom is 0.308 e. The van der Waals surface area contributed by atoms with E-state index in [1.807, 2.05) is 25.1 Å². The Balaban J connectivity index is 2.05. The fourth-order valence-electron chi connectivity index (χ4n) is 2.82. The van der Waals surface area contributed by atoms with Crippen molar-refractivity contribution in [3.63, 3.8) is 0 Å². The molecule has 8 nitrogen and oxygen atoms in total. The minimum absolute atomic E-state index is 0.168. The first-order valence-electron chi connectivity index (χ1n) is 9.74. The molecule has 8 heteroatoms. The number of hydrazone groups is 1. The standard InChI is InChI=1S/C23H28N2O6/c1-14(2)18-8-7-15(3)9-19(18)30-13-22(27)25-24-12-17-10-20(28-5)23(31-16(4)26)21(11-17)29-6/h7-12,14H,13H2,1-6H3,(H,25,27)/b24-12+. The van der Waals surface area contributed by atoms with E-state index in [9.17, 15) is 9.59 Å². The summed E-state index contributed by atoms with van der Waals surface area (Å²) in [5.41, 5.74) is 5.09. The van der Waals surface area contributed by atoms with Gasteiger partial charge in [-0.25, -0.2) is 5.43 Å². The minimum Gasteiger partial charge on any atom is -0.493 e. The number of esters is 1. The van der Waals surface area contributed by atoms with Crippen molar-refractivity contribution in [2.75, 3.05) is 20.8 Å². The van der Waals surface area contributed by atoms with Gasteiger partial charge >= 0.3 is 5.97 Å². The Kier molecular flexibility index (Phi) is 8.43. The molecule has 0 unspecified atom stereocenters. The van der Waals surface area contributed by atoms with E-state index in [-0.39, 0.29) is 18.3 Å². The van der Waals surface area contributed by atoms with Gasteiger partial charge in [-0.05, 0) is 42.2 Å². The molecule has 0 saturated carbocycles. The molecule has 2 aromatic carbocycles. The molecule has 0 aliphatic carbocycles. The van der Waals surface area contributed by atoms with Crippen molar-refractivity contribution in [1.82, 2.24) is 5.43 Å². The van der Waals surface area contributed by atoms with Crippen LogP contribution in [0.4, 0.5) is 0 Å². The smallest absolute Gasteiger partial charge is 0.308 e. The first-order chi connectivity index (χ1) is 14.7. The zero-order valence-electron chi connectivity index (χ0n) is 18.6. The summed E-state index contributed by atoms with van der Waals surface area (Å²) in [6.07, 6.45) is 1.42. The summed E-state index contributed by atoms with van der Waals surface area (Å²) in [6.45, 7) is 7.22. The van der Waals surface area contributed by atoms with Crippen molar-refractivity contribution in [1.29, 1.82) is 0 Å². The lowest BCUT2D eigenvalue weighted by Crippen LogP contribution is -2.25. The monoisotopic (exact) mass is 428 g/mol. The SMILES string of the molecule is COc1cc(/C=N/NC(=O)COc2cc(C)ccc2C(C)C)cc(OC)c1OC(C)=O. The number of ether oxygens (including phenoxy) is 4. The van der Waals surface area contributed by atoms with Crippen molar-refractivity contribution < 1.29 is 28.5 Å². The van der Waals surface area contributed by atoms with E-state index in [2.05, 4.69) is 24.4 Å². The second kappa shape index (κ2) is 11.0. The predicted molar refractivity (Wildman–Crippen MR) is 117 cm³/mol. The molecule has 2 aromatic rings. The molecule has 1 N–H and O–H groups in total. The summed E-state index contributed by atoms with van der Waals surface area (Å²) in [7, 11) is 2.89. The van der Waals surface area contributed by atoms with Crippen LogP contribution in [0.2, 0.25) is 0 Å². The molecule has 0 radical (unpaired) electrons. The Labute approximate surface area is 182 Å². The molecule has 166 valence electrons. The highest BCUT2D eigenvalue weighted by molar-refractivity contribution is 5.85. The van der Waals surface area contributed by atoms with Crippen molar-refractivity contribution in [3.8, 4) is 23.0 Å². The Morgan fingerprint density at radius 3 is 2.26 bits per heavy atom. The zero-order valence-corrected chi connectivity index (χ0v) is 18.6. The van der Waals surface area contributed by atoms with Gasteiger partial charge in [0.25, 0.3) is 5.91 Å². The van der Waals surface area contributed by atoms with Gasteiger partial charge in [0.05, 0.1) is 20.4 Å². The van der Waals surface area contributed by atoms with Gasteiger partial charge in [0.15, 0.2) is 18.1 Å². The topological polar surface area (TPSA) is 95.5 Å². The number of nitrogens with one attached hydrogen (secondary N) is 1. The quantitative estimate of drug-likeness (QED) is 0.284. The highest BCUT2D eigenvalue weighted by atomic mass is 16.6. The summed E-state index contributed by atoms with van der Waals surface area (Å²) in [5.74, 6) is 0.826. The number of rotatable bonds is 9. The van der Waals surface area contributed by atoms with Crippen molar-refractivity contribution >= 4 is 18.1 Å². The summed E-state index contributed by atoms with van der Waals surface area (Å²) < 4.78 is 21.4. The van der Waals surface area contributed by atoms with Crippen LogP contribution in [0.3, 0.4) is 0 Å². The van der Waals surface area contributed by atoms with Crippen molar-refractivity contribution in [2.45, 2.75) is 33.6 Å². The van der Waals surface area contributed by atoms with Crippen molar-refractivity contribution in [2.24, 2.45) is 5.10 Å². The van der Waals surface area contributed by atoms with Gasteiger partial charge in [-0.2, -0.15) is 5.10 Å². The Morgan fingerprint density at radius 1 is 1.06 bits per heavy atom. The second-order valence-electron chi connectivity index (χ2n) is 7.13. The number of benzene rings is 2. The molecule has 0 heterocycles. The second-order valence-corrected chi connectivity index (χ2v) is 7.13. The fraction of sp³-hybridized carbons (Fsp3) is 0.348. The summed E-state index contributed by atoms with van der Waals surface area (Å²) in [4.78, 5) is 23.4. The van der Waals surface area contributed by atoms with E-state index in [0.29, 0.717) is 22.8 Å². The Bertz CT molecular complexity index is 944. The van der Waals surface area contributed by atoms with Crippen LogP contribution in [0.25, 0.3) is 0 Å². The van der Waals surface area contributed by atoms with Gasteiger partial charge in [-0.1, -0.05) is 26.0 Å². The van der Waals surface area contributed by atoms with Crippen LogP contribution in [0, 0.1) is 6.92 Å².